The maximum Gasteiger partial charge on any atom is 0.132 e. The highest BCUT2D eigenvalue weighted by molar-refractivity contribution is 5.52. The average Bonchev–Trinajstić information content (AvgIpc) is 2.53. The summed E-state index contributed by atoms with van der Waals surface area (Å²) in [4.78, 5) is 0. The van der Waals surface area contributed by atoms with Crippen molar-refractivity contribution in [1.82, 2.24) is 9.78 Å². The van der Waals surface area contributed by atoms with Crippen LogP contribution in [0.4, 0.5) is 5.82 Å². The van der Waals surface area contributed by atoms with Crippen molar-refractivity contribution in [3.63, 3.8) is 0 Å². The molecule has 0 aliphatic carbocycles. The highest BCUT2D eigenvalue weighted by atomic mass is 15.3. The van der Waals surface area contributed by atoms with Crippen LogP contribution in [0, 0.1) is 6.92 Å². The molecule has 0 radical (unpaired) electrons. The van der Waals surface area contributed by atoms with Gasteiger partial charge < -0.3 is 5.32 Å². The Morgan fingerprint density at radius 1 is 1.50 bits per heavy atom. The van der Waals surface area contributed by atoms with E-state index in [2.05, 4.69) is 10.4 Å². The molecule has 0 spiro atoms. The van der Waals surface area contributed by atoms with Crippen molar-refractivity contribution in [3.05, 3.63) is 17.8 Å². The summed E-state index contributed by atoms with van der Waals surface area (Å²) in [5, 5.41) is 7.35. The number of nitrogens with one attached hydrogen (secondary N) is 1. The van der Waals surface area contributed by atoms with Crippen LogP contribution < -0.4 is 5.32 Å². The lowest BCUT2D eigenvalue weighted by atomic mass is 10.3. The monoisotopic (exact) mass is 165 g/mol. The number of aryl methyl sites for hydroxylation is 1. The predicted molar refractivity (Wildman–Crippen MR) is 52.1 cm³/mol. The van der Waals surface area contributed by atoms with E-state index < -0.39 is 0 Å². The molecule has 3 heteroatoms. The number of hydrogen-bond acceptors (Lipinski definition) is 2. The van der Waals surface area contributed by atoms with Crippen LogP contribution in [0.5, 0.6) is 0 Å². The number of fused-ring (bicyclic) bond motifs is 1. The fourth-order valence-electron chi connectivity index (χ4n) is 1.09. The molecule has 0 amide bonds. The van der Waals surface area contributed by atoms with Crippen LogP contribution in [0.1, 0.15) is 19.4 Å². The third-order valence-corrected chi connectivity index (χ3v) is 1.61. The van der Waals surface area contributed by atoms with Crippen molar-refractivity contribution in [2.75, 3.05) is 11.9 Å². The summed E-state index contributed by atoms with van der Waals surface area (Å²) in [5.41, 5.74) is 1.20. The van der Waals surface area contributed by atoms with Crippen molar-refractivity contribution >= 4 is 12.0 Å². The van der Waals surface area contributed by atoms with Gasteiger partial charge in [-0.3, -0.25) is 0 Å². The number of rotatable bonds is 0. The lowest BCUT2D eigenvalue weighted by Crippen LogP contribution is -2.09. The van der Waals surface area contributed by atoms with Gasteiger partial charge in [-0.15, -0.1) is 0 Å². The van der Waals surface area contributed by atoms with Gasteiger partial charge in [0, 0.05) is 18.3 Å². The van der Waals surface area contributed by atoms with Crippen LogP contribution in [-0.2, 0) is 0 Å². The summed E-state index contributed by atoms with van der Waals surface area (Å²) in [5.74, 6) is 1.11. The van der Waals surface area contributed by atoms with Crippen LogP contribution in [-0.4, -0.2) is 16.3 Å². The van der Waals surface area contributed by atoms with Crippen molar-refractivity contribution < 1.29 is 0 Å². The predicted octanol–water partition coefficient (Wildman–Crippen LogP) is 2.11. The van der Waals surface area contributed by atoms with Gasteiger partial charge in [-0.25, -0.2) is 4.68 Å². The first-order valence-corrected chi connectivity index (χ1v) is 4.32. The van der Waals surface area contributed by atoms with Crippen LogP contribution in [0.15, 0.2) is 12.3 Å². The van der Waals surface area contributed by atoms with Gasteiger partial charge in [-0.2, -0.15) is 5.10 Å². The summed E-state index contributed by atoms with van der Waals surface area (Å²) in [6, 6.07) is 0. The van der Waals surface area contributed by atoms with Crippen molar-refractivity contribution in [3.8, 4) is 0 Å². The number of hydrogen-bond donors (Lipinski definition) is 1. The molecule has 0 saturated carbocycles. The minimum absolute atomic E-state index is 0.909. The van der Waals surface area contributed by atoms with Crippen molar-refractivity contribution in [1.29, 1.82) is 0 Å². The molecule has 0 bridgehead atoms. The van der Waals surface area contributed by atoms with E-state index >= 15 is 0 Å². The van der Waals surface area contributed by atoms with Gasteiger partial charge >= 0.3 is 0 Å². The van der Waals surface area contributed by atoms with E-state index in [9.17, 15) is 0 Å². The molecule has 1 aliphatic heterocycles. The smallest absolute Gasteiger partial charge is 0.132 e. The van der Waals surface area contributed by atoms with E-state index in [4.69, 9.17) is 0 Å². The largest absolute Gasteiger partial charge is 0.366 e. The van der Waals surface area contributed by atoms with E-state index in [0.29, 0.717) is 0 Å². The molecule has 0 atom stereocenters. The van der Waals surface area contributed by atoms with E-state index in [1.54, 1.807) is 0 Å². The maximum atomic E-state index is 4.12. The summed E-state index contributed by atoms with van der Waals surface area (Å²) < 4.78 is 1.85. The molecule has 66 valence electrons. The van der Waals surface area contributed by atoms with Crippen LogP contribution in [0.25, 0.3) is 6.20 Å². The Kier molecular flexibility index (Phi) is 2.91. The van der Waals surface area contributed by atoms with Crippen molar-refractivity contribution in [2.45, 2.75) is 20.8 Å². The zero-order valence-corrected chi connectivity index (χ0v) is 7.83. The van der Waals surface area contributed by atoms with Crippen molar-refractivity contribution in [2.24, 2.45) is 0 Å². The van der Waals surface area contributed by atoms with E-state index in [1.807, 2.05) is 43.9 Å². The van der Waals surface area contributed by atoms with Gasteiger partial charge in [0.05, 0.1) is 6.20 Å². The Morgan fingerprint density at radius 2 is 2.25 bits per heavy atom. The maximum absolute atomic E-state index is 4.12. The summed E-state index contributed by atoms with van der Waals surface area (Å²) >= 11 is 0. The van der Waals surface area contributed by atoms with E-state index in [-0.39, 0.29) is 0 Å². The summed E-state index contributed by atoms with van der Waals surface area (Å²) in [6.45, 7) is 6.96. The lowest BCUT2D eigenvalue weighted by molar-refractivity contribution is 0.916. The molecule has 0 fully saturated rings. The van der Waals surface area contributed by atoms with Gasteiger partial charge in [0.15, 0.2) is 0 Å². The molecule has 0 unspecified atom stereocenters. The van der Waals surface area contributed by atoms with E-state index in [0.717, 1.165) is 12.4 Å². The molecule has 0 saturated heterocycles. The Labute approximate surface area is 73.1 Å². The second kappa shape index (κ2) is 3.95. The zero-order valence-electron chi connectivity index (χ0n) is 7.83. The highest BCUT2D eigenvalue weighted by Gasteiger charge is 2.05. The normalized spacial score (nSPS) is 12.6. The van der Waals surface area contributed by atoms with Gasteiger partial charge in [0.2, 0.25) is 0 Å². The molecular weight excluding hydrogens is 150 g/mol. The molecule has 3 nitrogen and oxygen atoms in total. The Bertz CT molecular complexity index is 273. The molecule has 12 heavy (non-hydrogen) atoms. The SMILES string of the molecule is CC.Cc1cnn2c1NCC=C2. The standard InChI is InChI=1S/C7H9N3.C2H6/c1-6-5-9-10-4-2-3-8-7(6)10;1-2/h2,4-5,8H,3H2,1H3;1-2H3. The highest BCUT2D eigenvalue weighted by Crippen LogP contribution is 2.15. The van der Waals surface area contributed by atoms with Gasteiger partial charge in [-0.05, 0) is 13.0 Å². The third kappa shape index (κ3) is 1.49. The molecule has 0 aromatic carbocycles. The zero-order chi connectivity index (χ0) is 8.97. The first-order valence-electron chi connectivity index (χ1n) is 4.32. The van der Waals surface area contributed by atoms with Gasteiger partial charge in [-0.1, -0.05) is 13.8 Å². The first kappa shape index (κ1) is 8.84. The second-order valence-corrected chi connectivity index (χ2v) is 2.39. The summed E-state index contributed by atoms with van der Waals surface area (Å²) in [7, 11) is 0. The van der Waals surface area contributed by atoms with Crippen LogP contribution in [0.3, 0.4) is 0 Å². The molecule has 2 heterocycles. The first-order chi connectivity index (χ1) is 5.88. The van der Waals surface area contributed by atoms with Gasteiger partial charge in [0.25, 0.3) is 0 Å². The van der Waals surface area contributed by atoms with E-state index in [1.165, 1.54) is 5.56 Å². The van der Waals surface area contributed by atoms with Gasteiger partial charge in [0.1, 0.15) is 5.82 Å². The number of anilines is 1. The Balaban J connectivity index is 0.000000336. The molecule has 1 N–H and O–H groups in total. The minimum Gasteiger partial charge on any atom is -0.366 e. The minimum atomic E-state index is 0.909. The number of nitrogens with zero attached hydrogens (tertiary/aromatic N) is 2. The summed E-state index contributed by atoms with van der Waals surface area (Å²) in [6.07, 6.45) is 5.87. The topological polar surface area (TPSA) is 29.9 Å². The Morgan fingerprint density at radius 3 is 2.92 bits per heavy atom. The lowest BCUT2D eigenvalue weighted by Gasteiger charge is -2.09. The fraction of sp³-hybridized carbons (Fsp3) is 0.444. The quantitative estimate of drug-likeness (QED) is 0.638. The Hall–Kier alpha value is -1.25. The molecule has 2 rings (SSSR count). The van der Waals surface area contributed by atoms with Crippen LogP contribution in [0.2, 0.25) is 0 Å². The second-order valence-electron chi connectivity index (χ2n) is 2.39. The fourth-order valence-corrected chi connectivity index (χ4v) is 1.09. The molecule has 1 aliphatic rings. The number of aromatic nitrogens is 2. The molecular formula is C9H15N3. The average molecular weight is 165 g/mol. The third-order valence-electron chi connectivity index (χ3n) is 1.61. The molecule has 1 aromatic heterocycles. The molecule has 1 aromatic rings. The van der Waals surface area contributed by atoms with Crippen LogP contribution >= 0.6 is 0 Å².